The van der Waals surface area contributed by atoms with Gasteiger partial charge in [-0.15, -0.1) is 0 Å². The second-order valence-corrected chi connectivity index (χ2v) is 8.88. The number of halogens is 3. The third-order valence-electron chi connectivity index (χ3n) is 4.99. The number of aryl methyl sites for hydroxylation is 1. The van der Waals surface area contributed by atoms with Crippen LogP contribution in [0.3, 0.4) is 0 Å². The van der Waals surface area contributed by atoms with Crippen LogP contribution in [-0.4, -0.2) is 44.5 Å². The normalized spacial score (nSPS) is 22.2. The maximum Gasteiger partial charge on any atom is 0.416 e. The van der Waals surface area contributed by atoms with Crippen LogP contribution in [0.25, 0.3) is 0 Å². The van der Waals surface area contributed by atoms with Crippen molar-refractivity contribution in [2.24, 2.45) is 5.92 Å². The SMILES string of the molecule is CS(=O)(=O)N1CCCC(C(=O)N2CCCc3cc(C(F)(F)F)ccc32)C1. The van der Waals surface area contributed by atoms with Gasteiger partial charge in [0.2, 0.25) is 15.9 Å². The van der Waals surface area contributed by atoms with Crippen LogP contribution in [0.5, 0.6) is 0 Å². The Bertz CT molecular complexity index is 808. The summed E-state index contributed by atoms with van der Waals surface area (Å²) in [5, 5.41) is 0. The summed E-state index contributed by atoms with van der Waals surface area (Å²) in [5.74, 6) is -0.675. The largest absolute Gasteiger partial charge is 0.416 e. The molecule has 0 aliphatic carbocycles. The van der Waals surface area contributed by atoms with Gasteiger partial charge in [0.1, 0.15) is 0 Å². The van der Waals surface area contributed by atoms with Crippen molar-refractivity contribution in [1.82, 2.24) is 4.31 Å². The Balaban J connectivity index is 1.84. The lowest BCUT2D eigenvalue weighted by atomic mass is 9.94. The second-order valence-electron chi connectivity index (χ2n) is 6.89. The van der Waals surface area contributed by atoms with E-state index in [1.54, 1.807) is 0 Å². The Hall–Kier alpha value is -1.61. The smallest absolute Gasteiger partial charge is 0.312 e. The van der Waals surface area contributed by atoms with Crippen LogP contribution in [0.2, 0.25) is 0 Å². The summed E-state index contributed by atoms with van der Waals surface area (Å²) in [6.45, 7) is 0.963. The lowest BCUT2D eigenvalue weighted by molar-refractivity contribution is -0.137. The zero-order valence-electron chi connectivity index (χ0n) is 14.4. The molecule has 26 heavy (non-hydrogen) atoms. The third-order valence-corrected chi connectivity index (χ3v) is 6.26. The predicted molar refractivity (Wildman–Crippen MR) is 91.3 cm³/mol. The van der Waals surface area contributed by atoms with Gasteiger partial charge in [-0.2, -0.15) is 13.2 Å². The van der Waals surface area contributed by atoms with Crippen LogP contribution in [0.1, 0.15) is 30.4 Å². The number of anilines is 1. The Morgan fingerprint density at radius 1 is 1.19 bits per heavy atom. The average Bonchev–Trinajstić information content (AvgIpc) is 2.58. The molecule has 1 aromatic carbocycles. The van der Waals surface area contributed by atoms with Gasteiger partial charge in [0.25, 0.3) is 0 Å². The van der Waals surface area contributed by atoms with E-state index in [9.17, 15) is 26.4 Å². The van der Waals surface area contributed by atoms with Crippen molar-refractivity contribution in [3.05, 3.63) is 29.3 Å². The fourth-order valence-electron chi connectivity index (χ4n) is 3.67. The zero-order valence-corrected chi connectivity index (χ0v) is 15.2. The number of nitrogens with zero attached hydrogens (tertiary/aromatic N) is 2. The van der Waals surface area contributed by atoms with Crippen molar-refractivity contribution in [2.45, 2.75) is 31.9 Å². The van der Waals surface area contributed by atoms with Gasteiger partial charge in [0.05, 0.1) is 17.7 Å². The predicted octanol–water partition coefficient (Wildman–Crippen LogP) is 2.66. The highest BCUT2D eigenvalue weighted by Crippen LogP contribution is 2.36. The number of alkyl halides is 3. The molecule has 1 aromatic rings. The summed E-state index contributed by atoms with van der Waals surface area (Å²) in [6, 6.07) is 3.46. The maximum atomic E-state index is 13.0. The number of hydrogen-bond donors (Lipinski definition) is 0. The number of benzene rings is 1. The molecule has 0 saturated carbocycles. The van der Waals surface area contributed by atoms with Gasteiger partial charge in [-0.05, 0) is 49.4 Å². The lowest BCUT2D eigenvalue weighted by Gasteiger charge is -2.36. The Kier molecular flexibility index (Phi) is 5.04. The molecule has 0 aromatic heterocycles. The summed E-state index contributed by atoms with van der Waals surface area (Å²) >= 11 is 0. The van der Waals surface area contributed by atoms with Gasteiger partial charge in [0.15, 0.2) is 0 Å². The van der Waals surface area contributed by atoms with Gasteiger partial charge >= 0.3 is 6.18 Å². The number of rotatable bonds is 2. The quantitative estimate of drug-likeness (QED) is 0.780. The highest BCUT2D eigenvalue weighted by molar-refractivity contribution is 7.88. The first-order valence-electron chi connectivity index (χ1n) is 8.54. The van der Waals surface area contributed by atoms with Crippen molar-refractivity contribution in [2.75, 3.05) is 30.8 Å². The number of fused-ring (bicyclic) bond motifs is 1. The van der Waals surface area contributed by atoms with E-state index in [2.05, 4.69) is 0 Å². The van der Waals surface area contributed by atoms with E-state index in [-0.39, 0.29) is 12.5 Å². The summed E-state index contributed by atoms with van der Waals surface area (Å²) in [4.78, 5) is 14.5. The average molecular weight is 390 g/mol. The van der Waals surface area contributed by atoms with Gasteiger partial charge < -0.3 is 4.90 Å². The van der Waals surface area contributed by atoms with Crippen LogP contribution >= 0.6 is 0 Å². The zero-order chi connectivity index (χ0) is 19.1. The molecular formula is C17H21F3N2O3S. The van der Waals surface area contributed by atoms with Crippen LogP contribution in [0.15, 0.2) is 18.2 Å². The van der Waals surface area contributed by atoms with Gasteiger partial charge in [-0.25, -0.2) is 12.7 Å². The third kappa shape index (κ3) is 3.88. The fraction of sp³-hybridized carbons (Fsp3) is 0.588. The number of carbonyl (C=O) groups excluding carboxylic acids is 1. The number of carbonyl (C=O) groups is 1. The van der Waals surface area contributed by atoms with E-state index in [0.717, 1.165) is 18.4 Å². The molecule has 0 spiro atoms. The Morgan fingerprint density at radius 2 is 1.92 bits per heavy atom. The van der Waals surface area contributed by atoms with Crippen molar-refractivity contribution in [3.63, 3.8) is 0 Å². The summed E-state index contributed by atoms with van der Waals surface area (Å²) < 4.78 is 63.6. The van der Waals surface area contributed by atoms with Gasteiger partial charge in [-0.1, -0.05) is 0 Å². The molecule has 0 N–H and O–H groups in total. The van der Waals surface area contributed by atoms with Crippen LogP contribution in [-0.2, 0) is 27.4 Å². The molecule has 1 atom stereocenters. The van der Waals surface area contributed by atoms with Crippen LogP contribution in [0.4, 0.5) is 18.9 Å². The van der Waals surface area contributed by atoms with Crippen molar-refractivity contribution in [3.8, 4) is 0 Å². The summed E-state index contributed by atoms with van der Waals surface area (Å²) in [7, 11) is -3.37. The molecular weight excluding hydrogens is 369 g/mol. The molecule has 1 saturated heterocycles. The first-order valence-corrected chi connectivity index (χ1v) is 10.4. The first-order chi connectivity index (χ1) is 12.1. The molecule has 0 bridgehead atoms. The Labute approximate surface area is 150 Å². The minimum Gasteiger partial charge on any atom is -0.312 e. The molecule has 5 nitrogen and oxygen atoms in total. The molecule has 144 valence electrons. The number of sulfonamides is 1. The molecule has 0 radical (unpaired) electrons. The van der Waals surface area contributed by atoms with Gasteiger partial charge in [0, 0.05) is 25.3 Å². The fourth-order valence-corrected chi connectivity index (χ4v) is 4.58. The van der Waals surface area contributed by atoms with Crippen LogP contribution < -0.4 is 4.90 Å². The van der Waals surface area contributed by atoms with Gasteiger partial charge in [-0.3, -0.25) is 4.79 Å². The molecule has 3 rings (SSSR count). The van der Waals surface area contributed by atoms with E-state index in [0.29, 0.717) is 50.0 Å². The standard InChI is InChI=1S/C17H21F3N2O3S/c1-26(24,25)21-8-2-5-13(11-21)16(23)22-9-3-4-12-10-14(17(18,19)20)6-7-15(12)22/h6-7,10,13H,2-5,8-9,11H2,1H3. The minimum absolute atomic E-state index is 0.129. The van der Waals surface area contributed by atoms with E-state index < -0.39 is 27.7 Å². The number of amides is 1. The number of hydrogen-bond acceptors (Lipinski definition) is 3. The van der Waals surface area contributed by atoms with E-state index >= 15 is 0 Å². The molecule has 9 heteroatoms. The summed E-state index contributed by atoms with van der Waals surface area (Å²) in [6.07, 6.45) is -1.05. The maximum absolute atomic E-state index is 13.0. The summed E-state index contributed by atoms with van der Waals surface area (Å²) in [5.41, 5.74) is 0.299. The second kappa shape index (κ2) is 6.84. The first kappa shape index (κ1) is 19.2. The topological polar surface area (TPSA) is 57.7 Å². The molecule has 2 heterocycles. The Morgan fingerprint density at radius 3 is 2.58 bits per heavy atom. The molecule has 2 aliphatic rings. The van der Waals surface area contributed by atoms with Crippen LogP contribution in [0, 0.1) is 5.92 Å². The highest BCUT2D eigenvalue weighted by atomic mass is 32.2. The monoisotopic (exact) mass is 390 g/mol. The molecule has 2 aliphatic heterocycles. The molecule has 1 unspecified atom stereocenters. The van der Waals surface area contributed by atoms with E-state index in [4.69, 9.17) is 0 Å². The van der Waals surface area contributed by atoms with Crippen molar-refractivity contribution < 1.29 is 26.4 Å². The number of piperidine rings is 1. The lowest BCUT2D eigenvalue weighted by Crippen LogP contribution is -2.47. The van der Waals surface area contributed by atoms with E-state index in [1.165, 1.54) is 15.3 Å². The minimum atomic E-state index is -4.42. The van der Waals surface area contributed by atoms with Crippen molar-refractivity contribution in [1.29, 1.82) is 0 Å². The van der Waals surface area contributed by atoms with Crippen molar-refractivity contribution >= 4 is 21.6 Å². The highest BCUT2D eigenvalue weighted by Gasteiger charge is 2.36. The molecule has 1 amide bonds. The molecule has 1 fully saturated rings. The van der Waals surface area contributed by atoms with E-state index in [1.807, 2.05) is 0 Å².